The van der Waals surface area contributed by atoms with Crippen molar-refractivity contribution in [1.29, 1.82) is 0 Å². The molecule has 1 fully saturated rings. The third-order valence-electron chi connectivity index (χ3n) is 2.88. The zero-order chi connectivity index (χ0) is 10.4. The third-order valence-corrected chi connectivity index (χ3v) is 6.54. The topological polar surface area (TPSA) is 21.3 Å². The van der Waals surface area contributed by atoms with Crippen molar-refractivity contribution in [1.82, 2.24) is 5.32 Å². The summed E-state index contributed by atoms with van der Waals surface area (Å²) in [6.45, 7) is 9.05. The highest BCUT2D eigenvalue weighted by molar-refractivity contribution is 6.53. The number of nitrogens with one attached hydrogen (secondary N) is 1. The van der Waals surface area contributed by atoms with Crippen molar-refractivity contribution in [2.24, 2.45) is 0 Å². The van der Waals surface area contributed by atoms with Gasteiger partial charge in [-0.15, -0.1) is 0 Å². The Labute approximate surface area is 90.1 Å². The van der Waals surface area contributed by atoms with Gasteiger partial charge in [-0.1, -0.05) is 13.3 Å². The number of piperidine rings is 1. The Balaban J connectivity index is 2.38. The minimum atomic E-state index is -0.936. The quantitative estimate of drug-likeness (QED) is 0.711. The van der Waals surface area contributed by atoms with Gasteiger partial charge in [0.25, 0.3) is 0 Å². The molecule has 1 rings (SSSR count). The van der Waals surface area contributed by atoms with Crippen LogP contribution in [0.5, 0.6) is 0 Å². The van der Waals surface area contributed by atoms with Gasteiger partial charge in [-0.25, -0.2) is 0 Å². The second kappa shape index (κ2) is 6.59. The monoisotopic (exact) mass is 215 g/mol. The van der Waals surface area contributed by atoms with Crippen LogP contribution in [0.2, 0.25) is 11.6 Å². The number of hydrogen-bond acceptors (Lipinski definition) is 2. The minimum Gasteiger partial charge on any atom is -0.417 e. The molecule has 0 aliphatic carbocycles. The molecule has 0 saturated carbocycles. The largest absolute Gasteiger partial charge is 0.417 e. The van der Waals surface area contributed by atoms with Gasteiger partial charge in [0.15, 0.2) is 9.04 Å². The fourth-order valence-corrected chi connectivity index (χ4v) is 5.38. The van der Waals surface area contributed by atoms with Crippen LogP contribution in [0.3, 0.4) is 0 Å². The Hall–Kier alpha value is 0.137. The lowest BCUT2D eigenvalue weighted by atomic mass is 10.2. The van der Waals surface area contributed by atoms with Gasteiger partial charge >= 0.3 is 0 Å². The lowest BCUT2D eigenvalue weighted by Gasteiger charge is -2.30. The SMILES string of the molecule is CCC[SiH](OC(C)C)C1CCCNC1. The van der Waals surface area contributed by atoms with E-state index in [1.54, 1.807) is 0 Å². The summed E-state index contributed by atoms with van der Waals surface area (Å²) in [6.07, 6.45) is 4.47. The van der Waals surface area contributed by atoms with E-state index in [0.29, 0.717) is 6.10 Å². The molecule has 2 atom stereocenters. The Bertz CT molecular complexity index is 146. The molecule has 0 aromatic heterocycles. The van der Waals surface area contributed by atoms with Gasteiger partial charge in [0.1, 0.15) is 0 Å². The van der Waals surface area contributed by atoms with Crippen LogP contribution in [0.25, 0.3) is 0 Å². The van der Waals surface area contributed by atoms with Crippen LogP contribution >= 0.6 is 0 Å². The summed E-state index contributed by atoms with van der Waals surface area (Å²) in [5, 5.41) is 3.50. The lowest BCUT2D eigenvalue weighted by molar-refractivity contribution is 0.231. The summed E-state index contributed by atoms with van der Waals surface area (Å²) in [6, 6.07) is 1.35. The molecule has 0 bridgehead atoms. The van der Waals surface area contributed by atoms with Gasteiger partial charge in [0.2, 0.25) is 0 Å². The van der Waals surface area contributed by atoms with E-state index in [1.807, 2.05) is 0 Å². The van der Waals surface area contributed by atoms with E-state index in [0.717, 1.165) is 5.54 Å². The van der Waals surface area contributed by atoms with E-state index in [-0.39, 0.29) is 0 Å². The van der Waals surface area contributed by atoms with E-state index >= 15 is 0 Å². The maximum atomic E-state index is 6.13. The first-order valence-electron chi connectivity index (χ1n) is 6.10. The molecule has 14 heavy (non-hydrogen) atoms. The second-order valence-electron chi connectivity index (χ2n) is 4.62. The third kappa shape index (κ3) is 4.11. The highest BCUT2D eigenvalue weighted by Crippen LogP contribution is 2.24. The molecule has 1 saturated heterocycles. The van der Waals surface area contributed by atoms with Crippen LogP contribution < -0.4 is 5.32 Å². The first-order valence-corrected chi connectivity index (χ1v) is 8.05. The molecule has 2 nitrogen and oxygen atoms in total. The predicted octanol–water partition coefficient (Wildman–Crippen LogP) is 2.30. The smallest absolute Gasteiger partial charge is 0.181 e. The van der Waals surface area contributed by atoms with Crippen LogP contribution in [0.1, 0.15) is 40.0 Å². The Morgan fingerprint density at radius 1 is 1.50 bits per heavy atom. The zero-order valence-corrected chi connectivity index (χ0v) is 11.0. The molecule has 84 valence electrons. The van der Waals surface area contributed by atoms with Crippen LogP contribution in [-0.4, -0.2) is 28.2 Å². The van der Waals surface area contributed by atoms with Crippen molar-refractivity contribution in [3.8, 4) is 0 Å². The summed E-state index contributed by atoms with van der Waals surface area (Å²) in [5.41, 5.74) is 0.881. The first-order chi connectivity index (χ1) is 6.74. The van der Waals surface area contributed by atoms with Crippen molar-refractivity contribution in [2.75, 3.05) is 13.1 Å². The summed E-state index contributed by atoms with van der Waals surface area (Å²) in [5.74, 6) is 0. The van der Waals surface area contributed by atoms with Crippen molar-refractivity contribution >= 4 is 9.04 Å². The fraction of sp³-hybridized carbons (Fsp3) is 1.00. The Morgan fingerprint density at radius 2 is 2.29 bits per heavy atom. The van der Waals surface area contributed by atoms with Crippen molar-refractivity contribution in [3.05, 3.63) is 0 Å². The highest BCUT2D eigenvalue weighted by atomic mass is 28.3. The summed E-state index contributed by atoms with van der Waals surface area (Å²) in [4.78, 5) is 0. The van der Waals surface area contributed by atoms with Gasteiger partial charge in [-0.2, -0.15) is 0 Å². The molecule has 0 amide bonds. The first kappa shape index (κ1) is 12.2. The molecule has 1 N–H and O–H groups in total. The van der Waals surface area contributed by atoms with E-state index in [4.69, 9.17) is 4.43 Å². The predicted molar refractivity (Wildman–Crippen MR) is 64.3 cm³/mol. The summed E-state index contributed by atoms with van der Waals surface area (Å²) >= 11 is 0. The Morgan fingerprint density at radius 3 is 2.79 bits per heavy atom. The minimum absolute atomic E-state index is 0.431. The molecule has 0 spiro atoms. The van der Waals surface area contributed by atoms with Crippen molar-refractivity contribution in [2.45, 2.75) is 57.7 Å². The van der Waals surface area contributed by atoms with Gasteiger partial charge in [-0.05, 0) is 51.4 Å². The van der Waals surface area contributed by atoms with Crippen LogP contribution in [0.15, 0.2) is 0 Å². The maximum Gasteiger partial charge on any atom is 0.181 e. The maximum absolute atomic E-state index is 6.13. The standard InChI is InChI=1S/C11H25NOSi/c1-4-8-14(13-10(2)3)11-6-5-7-12-9-11/h10-12,14H,4-9H2,1-3H3. The van der Waals surface area contributed by atoms with E-state index < -0.39 is 9.04 Å². The molecule has 1 heterocycles. The average Bonchev–Trinajstić information content (AvgIpc) is 2.18. The number of rotatable bonds is 5. The molecular formula is C11H25NOSi. The van der Waals surface area contributed by atoms with Crippen LogP contribution in [0.4, 0.5) is 0 Å². The Kier molecular flexibility index (Phi) is 5.75. The summed E-state index contributed by atoms with van der Waals surface area (Å²) in [7, 11) is -0.936. The van der Waals surface area contributed by atoms with Gasteiger partial charge in [0, 0.05) is 6.10 Å². The van der Waals surface area contributed by atoms with Gasteiger partial charge in [0.05, 0.1) is 0 Å². The second-order valence-corrected chi connectivity index (χ2v) is 7.49. The zero-order valence-electron chi connectivity index (χ0n) is 9.88. The number of hydrogen-bond donors (Lipinski definition) is 1. The van der Waals surface area contributed by atoms with Gasteiger partial charge in [-0.3, -0.25) is 0 Å². The van der Waals surface area contributed by atoms with E-state index in [2.05, 4.69) is 26.1 Å². The van der Waals surface area contributed by atoms with Gasteiger partial charge < -0.3 is 9.74 Å². The molecular weight excluding hydrogens is 190 g/mol. The van der Waals surface area contributed by atoms with Crippen LogP contribution in [-0.2, 0) is 4.43 Å². The molecule has 0 aromatic carbocycles. The normalized spacial score (nSPS) is 25.3. The lowest BCUT2D eigenvalue weighted by Crippen LogP contribution is -2.38. The molecule has 0 radical (unpaired) electrons. The van der Waals surface area contributed by atoms with E-state index in [1.165, 1.54) is 38.4 Å². The van der Waals surface area contributed by atoms with Crippen molar-refractivity contribution in [3.63, 3.8) is 0 Å². The highest BCUT2D eigenvalue weighted by Gasteiger charge is 2.26. The molecule has 2 unspecified atom stereocenters. The van der Waals surface area contributed by atoms with Crippen LogP contribution in [0, 0.1) is 0 Å². The molecule has 1 aliphatic heterocycles. The average molecular weight is 215 g/mol. The fourth-order valence-electron chi connectivity index (χ4n) is 2.25. The molecule has 0 aromatic rings. The van der Waals surface area contributed by atoms with Crippen molar-refractivity contribution < 1.29 is 4.43 Å². The molecule has 1 aliphatic rings. The molecule has 3 heteroatoms. The summed E-state index contributed by atoms with van der Waals surface area (Å²) < 4.78 is 6.13. The van der Waals surface area contributed by atoms with E-state index in [9.17, 15) is 0 Å².